The minimum absolute atomic E-state index is 0.000170. The molecule has 0 saturated heterocycles. The Hall–Kier alpha value is -0.460. The van der Waals surface area contributed by atoms with E-state index in [-0.39, 0.29) is 13.2 Å². The van der Waals surface area contributed by atoms with Gasteiger partial charge in [0, 0.05) is 12.0 Å². The van der Waals surface area contributed by atoms with Gasteiger partial charge in [-0.3, -0.25) is 0 Å². The van der Waals surface area contributed by atoms with Crippen molar-refractivity contribution in [2.45, 2.75) is 18.5 Å². The van der Waals surface area contributed by atoms with Crippen molar-refractivity contribution in [3.63, 3.8) is 0 Å². The number of halogens is 5. The summed E-state index contributed by atoms with van der Waals surface area (Å²) in [5.74, 6) is 0.924. The van der Waals surface area contributed by atoms with Crippen molar-refractivity contribution < 1.29 is 22.6 Å². The highest BCUT2D eigenvalue weighted by atomic mass is 79.9. The second kappa shape index (κ2) is 7.97. The Kier molecular flexibility index (Phi) is 6.96. The third kappa shape index (κ3) is 6.49. The van der Waals surface area contributed by atoms with E-state index in [1.807, 2.05) is 18.2 Å². The lowest BCUT2D eigenvalue weighted by atomic mass is 10.2. The molecule has 0 heterocycles. The summed E-state index contributed by atoms with van der Waals surface area (Å²) in [6.07, 6.45) is -3.91. The van der Waals surface area contributed by atoms with Gasteiger partial charge in [0.05, 0.1) is 23.6 Å². The number of benzene rings is 1. The second-order valence-corrected chi connectivity index (χ2v) is 4.85. The topological polar surface area (TPSA) is 18.5 Å². The summed E-state index contributed by atoms with van der Waals surface area (Å²) in [5, 5.41) is 0. The van der Waals surface area contributed by atoms with Gasteiger partial charge in [0.15, 0.2) is 0 Å². The minimum atomic E-state index is -4.28. The maximum absolute atomic E-state index is 11.8. The molecule has 0 aliphatic rings. The quantitative estimate of drug-likeness (QED) is 0.524. The van der Waals surface area contributed by atoms with E-state index in [1.54, 1.807) is 0 Å². The number of ether oxygens (including phenoxy) is 2. The number of para-hydroxylation sites is 1. The van der Waals surface area contributed by atoms with E-state index in [9.17, 15) is 13.2 Å². The minimum Gasteiger partial charge on any atom is -0.492 e. The van der Waals surface area contributed by atoms with Gasteiger partial charge >= 0.3 is 6.18 Å². The van der Waals surface area contributed by atoms with Crippen LogP contribution in [0.4, 0.5) is 13.2 Å². The van der Waals surface area contributed by atoms with Crippen molar-refractivity contribution in [2.24, 2.45) is 0 Å². The summed E-state index contributed by atoms with van der Waals surface area (Å²) in [5.41, 5.74) is 0.826. The molecule has 0 amide bonds. The molecule has 7 heteroatoms. The van der Waals surface area contributed by atoms with E-state index in [0.29, 0.717) is 18.1 Å². The summed E-state index contributed by atoms with van der Waals surface area (Å²) in [4.78, 5) is 0. The Morgan fingerprint density at radius 1 is 1.21 bits per heavy atom. The first kappa shape index (κ1) is 16.6. The van der Waals surface area contributed by atoms with Gasteiger partial charge in [0.25, 0.3) is 0 Å². The summed E-state index contributed by atoms with van der Waals surface area (Å²) in [6, 6.07) is 5.47. The molecule has 0 N–H and O–H groups in total. The molecule has 1 aromatic carbocycles. The molecule has 0 radical (unpaired) electrons. The monoisotopic (exact) mass is 360 g/mol. The summed E-state index contributed by atoms with van der Waals surface area (Å²) in [7, 11) is 0. The molecule has 0 aliphatic carbocycles. The van der Waals surface area contributed by atoms with Gasteiger partial charge in [-0.25, -0.2) is 0 Å². The summed E-state index contributed by atoms with van der Waals surface area (Å²) >= 11 is 9.10. The zero-order valence-corrected chi connectivity index (χ0v) is 12.3. The molecule has 19 heavy (non-hydrogen) atoms. The van der Waals surface area contributed by atoms with E-state index >= 15 is 0 Å². The van der Waals surface area contributed by atoms with Gasteiger partial charge in [-0.05, 0) is 22.0 Å². The molecule has 2 nitrogen and oxygen atoms in total. The van der Waals surface area contributed by atoms with Crippen LogP contribution in [-0.4, -0.2) is 26.0 Å². The zero-order chi connectivity index (χ0) is 14.3. The zero-order valence-electron chi connectivity index (χ0n) is 9.97. The fraction of sp³-hybridized carbons (Fsp3) is 0.500. The average Bonchev–Trinajstić information content (AvgIpc) is 2.33. The molecule has 0 spiro atoms. The van der Waals surface area contributed by atoms with E-state index < -0.39 is 12.8 Å². The third-order valence-electron chi connectivity index (χ3n) is 2.14. The van der Waals surface area contributed by atoms with Crippen LogP contribution in [0.2, 0.25) is 0 Å². The highest BCUT2D eigenvalue weighted by Crippen LogP contribution is 2.30. The van der Waals surface area contributed by atoms with E-state index in [0.717, 1.165) is 10.0 Å². The first-order valence-corrected chi connectivity index (χ1v) is 6.87. The van der Waals surface area contributed by atoms with Crippen LogP contribution in [0, 0.1) is 0 Å². The van der Waals surface area contributed by atoms with Gasteiger partial charge in [-0.1, -0.05) is 12.1 Å². The van der Waals surface area contributed by atoms with Crippen molar-refractivity contribution in [2.75, 3.05) is 19.8 Å². The van der Waals surface area contributed by atoms with Crippen LogP contribution in [0.5, 0.6) is 5.75 Å². The Morgan fingerprint density at radius 2 is 1.95 bits per heavy atom. The van der Waals surface area contributed by atoms with Crippen molar-refractivity contribution in [1.29, 1.82) is 0 Å². The van der Waals surface area contributed by atoms with Gasteiger partial charge in [0.2, 0.25) is 0 Å². The highest BCUT2D eigenvalue weighted by Gasteiger charge is 2.27. The van der Waals surface area contributed by atoms with Crippen LogP contribution >= 0.6 is 27.5 Å². The van der Waals surface area contributed by atoms with Crippen LogP contribution in [0.25, 0.3) is 0 Å². The van der Waals surface area contributed by atoms with E-state index in [1.165, 1.54) is 0 Å². The van der Waals surface area contributed by atoms with Crippen LogP contribution in [0.15, 0.2) is 22.7 Å². The molecule has 108 valence electrons. The second-order valence-electron chi connectivity index (χ2n) is 3.73. The molecule has 0 aromatic heterocycles. The van der Waals surface area contributed by atoms with Gasteiger partial charge < -0.3 is 9.47 Å². The van der Waals surface area contributed by atoms with E-state index in [2.05, 4.69) is 20.7 Å². The molecule has 0 saturated carbocycles. The fourth-order valence-corrected chi connectivity index (χ4v) is 2.08. The largest absolute Gasteiger partial charge is 0.492 e. The molecule has 1 rings (SSSR count). The predicted molar refractivity (Wildman–Crippen MR) is 70.7 cm³/mol. The first-order valence-electron chi connectivity index (χ1n) is 5.54. The van der Waals surface area contributed by atoms with Crippen LogP contribution in [-0.2, 0) is 10.6 Å². The Morgan fingerprint density at radius 3 is 2.58 bits per heavy atom. The van der Waals surface area contributed by atoms with Gasteiger partial charge in [-0.15, -0.1) is 11.6 Å². The van der Waals surface area contributed by atoms with Crippen LogP contribution in [0.1, 0.15) is 12.0 Å². The SMILES string of the molecule is FC(F)(F)COCCCOc1c(Br)cccc1CCl. The lowest BCUT2D eigenvalue weighted by molar-refractivity contribution is -0.174. The molecule has 0 aliphatic heterocycles. The number of rotatable bonds is 7. The Labute approximate surface area is 123 Å². The lowest BCUT2D eigenvalue weighted by Gasteiger charge is -2.12. The fourth-order valence-electron chi connectivity index (χ4n) is 1.34. The van der Waals surface area contributed by atoms with Gasteiger partial charge in [0.1, 0.15) is 12.4 Å². The molecular weight excluding hydrogens is 348 g/mol. The predicted octanol–water partition coefficient (Wildman–Crippen LogP) is 4.54. The Bertz CT molecular complexity index is 399. The first-order chi connectivity index (χ1) is 8.94. The standard InChI is InChI=1S/C12H13BrClF3O2/c13-10-4-1-3-9(7-14)11(10)19-6-2-5-18-8-12(15,16)17/h1,3-4H,2,5-8H2. The normalized spacial score (nSPS) is 11.6. The third-order valence-corrected chi connectivity index (χ3v) is 3.05. The smallest absolute Gasteiger partial charge is 0.411 e. The van der Waals surface area contributed by atoms with Crippen molar-refractivity contribution >= 4 is 27.5 Å². The molecule has 0 unspecified atom stereocenters. The average molecular weight is 362 g/mol. The summed E-state index contributed by atoms with van der Waals surface area (Å²) in [6.45, 7) is -0.959. The maximum atomic E-state index is 11.8. The maximum Gasteiger partial charge on any atom is 0.411 e. The van der Waals surface area contributed by atoms with Crippen molar-refractivity contribution in [1.82, 2.24) is 0 Å². The molecule has 0 bridgehead atoms. The lowest BCUT2D eigenvalue weighted by Crippen LogP contribution is -2.18. The molecular formula is C12H13BrClF3O2. The van der Waals surface area contributed by atoms with Crippen LogP contribution in [0.3, 0.4) is 0 Å². The number of hydrogen-bond donors (Lipinski definition) is 0. The number of hydrogen-bond acceptors (Lipinski definition) is 2. The van der Waals surface area contributed by atoms with E-state index in [4.69, 9.17) is 16.3 Å². The number of alkyl halides is 4. The molecule has 0 atom stereocenters. The van der Waals surface area contributed by atoms with Crippen molar-refractivity contribution in [3.8, 4) is 5.75 Å². The molecule has 0 fully saturated rings. The highest BCUT2D eigenvalue weighted by molar-refractivity contribution is 9.10. The molecule has 1 aromatic rings. The van der Waals surface area contributed by atoms with Gasteiger partial charge in [-0.2, -0.15) is 13.2 Å². The summed E-state index contributed by atoms with van der Waals surface area (Å²) < 4.78 is 46.2. The van der Waals surface area contributed by atoms with Crippen LogP contribution < -0.4 is 4.74 Å². The Balaban J connectivity index is 2.30. The van der Waals surface area contributed by atoms with Crippen molar-refractivity contribution in [3.05, 3.63) is 28.2 Å².